The minimum atomic E-state index is -4.02. The molecule has 0 unspecified atom stereocenters. The van der Waals surface area contributed by atoms with Crippen LogP contribution in [-0.2, 0) is 43.3 Å². The Labute approximate surface area is 311 Å². The molecule has 0 spiro atoms. The van der Waals surface area contributed by atoms with E-state index in [9.17, 15) is 30.4 Å². The van der Waals surface area contributed by atoms with Crippen molar-refractivity contribution in [3.05, 3.63) is 155 Å². The summed E-state index contributed by atoms with van der Waals surface area (Å²) in [6.07, 6.45) is 1.86. The molecule has 0 fully saturated rings. The van der Waals surface area contributed by atoms with Crippen LogP contribution in [0.4, 0.5) is 0 Å². The van der Waals surface area contributed by atoms with Crippen LogP contribution in [0.5, 0.6) is 0 Å². The van der Waals surface area contributed by atoms with E-state index in [1.165, 1.54) is 36.4 Å². The predicted molar refractivity (Wildman–Crippen MR) is 203 cm³/mol. The Bertz CT molecular complexity index is 1960. The van der Waals surface area contributed by atoms with Crippen molar-refractivity contribution in [3.63, 3.8) is 0 Å². The lowest BCUT2D eigenvalue weighted by Gasteiger charge is -2.19. The summed E-state index contributed by atoms with van der Waals surface area (Å²) in [5.41, 5.74) is 11.0. The Morgan fingerprint density at radius 3 is 1.30 bits per heavy atom. The number of benzene rings is 4. The molecule has 0 aliphatic rings. The predicted octanol–water partition coefficient (Wildman–Crippen LogP) is 4.83. The first-order chi connectivity index (χ1) is 24.8. The van der Waals surface area contributed by atoms with E-state index in [-0.39, 0.29) is 20.7 Å². The molecule has 13 nitrogen and oxygen atoms in total. The van der Waals surface area contributed by atoms with Gasteiger partial charge in [0.15, 0.2) is 0 Å². The van der Waals surface area contributed by atoms with E-state index >= 15 is 0 Å². The number of aliphatic hydroxyl groups is 1. The average Bonchev–Trinajstić information content (AvgIpc) is 3.09. The van der Waals surface area contributed by atoms with E-state index in [2.05, 4.69) is 10.3 Å². The van der Waals surface area contributed by atoms with E-state index in [1.807, 2.05) is 69.3 Å². The van der Waals surface area contributed by atoms with Gasteiger partial charge in [0.25, 0.3) is 30.4 Å². The van der Waals surface area contributed by atoms with Crippen molar-refractivity contribution in [2.75, 3.05) is 6.54 Å². The number of aromatic nitrogens is 1. The number of hydrogen-bond donors (Lipinski definition) is 6. The molecule has 0 aliphatic heterocycles. The van der Waals surface area contributed by atoms with Crippen molar-refractivity contribution in [3.8, 4) is 0 Å². The zero-order valence-corrected chi connectivity index (χ0v) is 31.8. The number of rotatable bonds is 10. The molecule has 16 heteroatoms. The first kappa shape index (κ1) is 44.8. The highest BCUT2D eigenvalue weighted by molar-refractivity contribution is 7.86. The highest BCUT2D eigenvalue weighted by Gasteiger charge is 2.15. The lowest BCUT2D eigenvalue weighted by atomic mass is 10.0. The van der Waals surface area contributed by atoms with Crippen LogP contribution in [0, 0.1) is 20.8 Å². The maximum absolute atomic E-state index is 10.5. The van der Waals surface area contributed by atoms with Crippen LogP contribution in [0.15, 0.2) is 142 Å². The minimum Gasteiger partial charge on any atom is -0.390 e. The highest BCUT2D eigenvalue weighted by atomic mass is 32.2. The third kappa shape index (κ3) is 18.3. The van der Waals surface area contributed by atoms with E-state index in [1.54, 1.807) is 42.6 Å². The van der Waals surface area contributed by atoms with Crippen molar-refractivity contribution in [1.82, 2.24) is 10.3 Å². The Morgan fingerprint density at radius 2 is 0.962 bits per heavy atom. The van der Waals surface area contributed by atoms with Crippen LogP contribution in [-0.4, -0.2) is 67.7 Å². The van der Waals surface area contributed by atoms with Crippen molar-refractivity contribution in [2.45, 2.75) is 60.6 Å². The van der Waals surface area contributed by atoms with Gasteiger partial charge in [-0.05, 0) is 81.3 Å². The smallest absolute Gasteiger partial charge is 0.294 e. The number of nitrogens with two attached hydrogens (primary N) is 1. The third-order valence-corrected chi connectivity index (χ3v) is 9.75. The molecule has 0 aliphatic carbocycles. The molecule has 53 heavy (non-hydrogen) atoms. The summed E-state index contributed by atoms with van der Waals surface area (Å²) in [4.78, 5) is 4.01. The van der Waals surface area contributed by atoms with Gasteiger partial charge in [0.2, 0.25) is 0 Å². The molecule has 4 aromatic carbocycles. The third-order valence-electron chi connectivity index (χ3n) is 7.15. The zero-order chi connectivity index (χ0) is 39.7. The molecule has 0 saturated carbocycles. The Morgan fingerprint density at radius 1 is 0.585 bits per heavy atom. The Hall–Kier alpha value is -4.36. The fourth-order valence-electron chi connectivity index (χ4n) is 4.16. The number of hydrogen-bond acceptors (Lipinski definition) is 10. The van der Waals surface area contributed by atoms with Crippen molar-refractivity contribution >= 4 is 30.4 Å². The van der Waals surface area contributed by atoms with Gasteiger partial charge < -0.3 is 16.2 Å². The molecule has 5 rings (SSSR count). The number of pyridine rings is 1. The first-order valence-corrected chi connectivity index (χ1v) is 20.3. The number of aliphatic hydroxyl groups excluding tert-OH is 1. The van der Waals surface area contributed by atoms with Crippen LogP contribution < -0.4 is 11.1 Å². The topological polar surface area (TPSA) is 234 Å². The SMILES string of the molecule is Cc1ccc(S(=O)(=O)O)cc1.Cc1ccc(S(=O)(=O)O)cc1.Cc1ccc(S(=O)(=O)O)cc1.N[C@@H](Cc1ccccc1)[C@H](O)CNCc1ccccn1. The maximum Gasteiger partial charge on any atom is 0.294 e. The van der Waals surface area contributed by atoms with Gasteiger partial charge in [-0.15, -0.1) is 0 Å². The summed E-state index contributed by atoms with van der Waals surface area (Å²) >= 11 is 0. The van der Waals surface area contributed by atoms with Crippen LogP contribution in [0.2, 0.25) is 0 Å². The minimum absolute atomic E-state index is 0.0666. The van der Waals surface area contributed by atoms with E-state index in [4.69, 9.17) is 19.4 Å². The van der Waals surface area contributed by atoms with Gasteiger partial charge in [-0.1, -0.05) is 89.5 Å². The van der Waals surface area contributed by atoms with Crippen LogP contribution in [0.1, 0.15) is 27.9 Å². The maximum atomic E-state index is 10.5. The quantitative estimate of drug-likeness (QED) is 0.104. The molecular formula is C37H45N3O10S3. The number of aryl methyl sites for hydroxylation is 3. The summed E-state index contributed by atoms with van der Waals surface area (Å²) in [5.74, 6) is 0. The monoisotopic (exact) mass is 787 g/mol. The van der Waals surface area contributed by atoms with E-state index in [0.717, 1.165) is 27.9 Å². The van der Waals surface area contributed by atoms with Crippen molar-refractivity contribution in [2.24, 2.45) is 5.73 Å². The molecule has 0 radical (unpaired) electrons. The second-order valence-electron chi connectivity index (χ2n) is 11.7. The molecule has 2 atom stereocenters. The van der Waals surface area contributed by atoms with Gasteiger partial charge in [0.05, 0.1) is 26.5 Å². The first-order valence-electron chi connectivity index (χ1n) is 16.0. The lowest BCUT2D eigenvalue weighted by Crippen LogP contribution is -2.43. The molecule has 0 saturated heterocycles. The summed E-state index contributed by atoms with van der Waals surface area (Å²) in [6.45, 7) is 6.62. The number of nitrogens with zero attached hydrogens (tertiary/aromatic N) is 1. The molecule has 5 aromatic rings. The van der Waals surface area contributed by atoms with E-state index < -0.39 is 36.5 Å². The summed E-state index contributed by atoms with van der Waals surface area (Å²) in [6, 6.07) is 33.4. The van der Waals surface area contributed by atoms with Crippen LogP contribution in [0.25, 0.3) is 0 Å². The van der Waals surface area contributed by atoms with Gasteiger partial charge in [-0.2, -0.15) is 25.3 Å². The molecule has 0 bridgehead atoms. The second-order valence-corrected chi connectivity index (χ2v) is 16.0. The normalized spacial score (nSPS) is 12.4. The van der Waals surface area contributed by atoms with Crippen molar-refractivity contribution < 1.29 is 44.0 Å². The van der Waals surface area contributed by atoms with Gasteiger partial charge in [-0.25, -0.2) is 0 Å². The van der Waals surface area contributed by atoms with Gasteiger partial charge >= 0.3 is 0 Å². The Kier molecular flexibility index (Phi) is 18.1. The average molecular weight is 788 g/mol. The van der Waals surface area contributed by atoms with Gasteiger partial charge in [0.1, 0.15) is 0 Å². The van der Waals surface area contributed by atoms with Crippen LogP contribution in [0.3, 0.4) is 0 Å². The van der Waals surface area contributed by atoms with Crippen LogP contribution >= 0.6 is 0 Å². The molecule has 0 amide bonds. The summed E-state index contributed by atoms with van der Waals surface area (Å²) in [7, 11) is -12.1. The largest absolute Gasteiger partial charge is 0.390 e. The van der Waals surface area contributed by atoms with Gasteiger partial charge in [-0.3, -0.25) is 18.6 Å². The second kappa shape index (κ2) is 21.4. The molecule has 286 valence electrons. The number of nitrogens with one attached hydrogen (secondary N) is 1. The fourth-order valence-corrected chi connectivity index (χ4v) is 5.60. The molecular weight excluding hydrogens is 743 g/mol. The summed E-state index contributed by atoms with van der Waals surface area (Å²) in [5, 5.41) is 13.2. The molecule has 1 aromatic heterocycles. The van der Waals surface area contributed by atoms with Crippen molar-refractivity contribution in [1.29, 1.82) is 0 Å². The summed E-state index contributed by atoms with van der Waals surface area (Å²) < 4.78 is 88.7. The van der Waals surface area contributed by atoms with E-state index in [0.29, 0.717) is 19.5 Å². The zero-order valence-electron chi connectivity index (χ0n) is 29.4. The molecule has 7 N–H and O–H groups in total. The lowest BCUT2D eigenvalue weighted by molar-refractivity contribution is 0.141. The molecule has 1 heterocycles. The Balaban J connectivity index is 0.000000256. The van der Waals surface area contributed by atoms with Gasteiger partial charge in [0, 0.05) is 25.3 Å². The highest BCUT2D eigenvalue weighted by Crippen LogP contribution is 2.10. The fraction of sp³-hybridized carbons (Fsp3) is 0.216. The standard InChI is InChI=1S/C16H21N3O.3C7H8O3S/c17-15(10-13-6-2-1-3-7-13)16(20)12-18-11-14-8-4-5-9-19-14;3*1-6-2-4-7(5-3-6)11(8,9)10/h1-9,15-16,18,20H,10-12,17H2;3*2-5H,1H3,(H,8,9,10)/t15-,16+;;;/m0.../s1.